The summed E-state index contributed by atoms with van der Waals surface area (Å²) in [6, 6.07) is 13.2. The first kappa shape index (κ1) is 17.2. The smallest absolute Gasteiger partial charge is 0.293 e. The van der Waals surface area contributed by atoms with E-state index in [0.29, 0.717) is 5.82 Å². The number of aryl methyl sites for hydroxylation is 1. The van der Waals surface area contributed by atoms with E-state index in [9.17, 15) is 14.9 Å². The zero-order valence-electron chi connectivity index (χ0n) is 14.0. The first-order valence-electron chi connectivity index (χ1n) is 7.84. The fraction of sp³-hybridized carbons (Fsp3) is 0.111. The molecule has 1 amide bonds. The molecule has 1 atom stereocenters. The zero-order valence-corrected chi connectivity index (χ0v) is 14.0. The van der Waals surface area contributed by atoms with Gasteiger partial charge in [-0.25, -0.2) is 4.98 Å². The first-order valence-corrected chi connectivity index (χ1v) is 7.84. The van der Waals surface area contributed by atoms with Crippen molar-refractivity contribution in [2.45, 2.75) is 6.04 Å². The number of amides is 1. The molecule has 1 aromatic heterocycles. The maximum Gasteiger partial charge on any atom is 0.293 e. The Balaban J connectivity index is 2.07. The summed E-state index contributed by atoms with van der Waals surface area (Å²) >= 11 is 0. The maximum absolute atomic E-state index is 11.5. The Labute approximate surface area is 149 Å². The van der Waals surface area contributed by atoms with Gasteiger partial charge in [0, 0.05) is 31.1 Å². The Bertz CT molecular complexity index is 952. The molecule has 0 fully saturated rings. The number of carbonyl (C=O) groups excluding carboxylic acids is 1. The van der Waals surface area contributed by atoms with Crippen molar-refractivity contribution >= 4 is 17.3 Å². The van der Waals surface area contributed by atoms with E-state index in [2.05, 4.69) is 10.3 Å². The summed E-state index contributed by atoms with van der Waals surface area (Å²) in [7, 11) is 1.85. The number of nitrogens with zero attached hydrogens (tertiary/aromatic N) is 3. The Morgan fingerprint density at radius 1 is 1.27 bits per heavy atom. The molecule has 0 aliphatic heterocycles. The Hall–Kier alpha value is -3.68. The number of nitro benzene ring substituents is 1. The van der Waals surface area contributed by atoms with Gasteiger partial charge in [-0.3, -0.25) is 14.9 Å². The van der Waals surface area contributed by atoms with Crippen molar-refractivity contribution in [3.8, 4) is 0 Å². The molecule has 0 aliphatic carbocycles. The van der Waals surface area contributed by atoms with Gasteiger partial charge in [0.25, 0.3) is 5.69 Å². The summed E-state index contributed by atoms with van der Waals surface area (Å²) in [5, 5.41) is 14.6. The fourth-order valence-corrected chi connectivity index (χ4v) is 2.71. The summed E-state index contributed by atoms with van der Waals surface area (Å²) in [6.07, 6.45) is 3.47. The molecule has 0 radical (unpaired) electrons. The summed E-state index contributed by atoms with van der Waals surface area (Å²) in [5.74, 6) is -0.0205. The Morgan fingerprint density at radius 3 is 2.58 bits per heavy atom. The number of nitrogens with two attached hydrogens (primary N) is 1. The second-order valence-corrected chi connectivity index (χ2v) is 5.74. The normalized spacial score (nSPS) is 11.7. The molecule has 0 spiro atoms. The number of rotatable bonds is 6. The number of imidazole rings is 1. The van der Waals surface area contributed by atoms with Crippen LogP contribution in [0.4, 0.5) is 11.4 Å². The molecular formula is C18H17N5O3. The molecule has 8 heteroatoms. The van der Waals surface area contributed by atoms with Crippen LogP contribution in [0.1, 0.15) is 27.8 Å². The molecule has 0 saturated carbocycles. The van der Waals surface area contributed by atoms with Crippen LogP contribution in [-0.2, 0) is 7.05 Å². The lowest BCUT2D eigenvalue weighted by molar-refractivity contribution is -0.384. The lowest BCUT2D eigenvalue weighted by Gasteiger charge is -2.20. The zero-order chi connectivity index (χ0) is 18.7. The first-order chi connectivity index (χ1) is 12.5. The molecule has 132 valence electrons. The standard InChI is InChI=1S/C18H17N5O3/c1-22-10-9-20-18(22)16(12-5-3-2-4-6-12)21-14-8-7-13(17(19)24)11-15(14)23(25)26/h2-11,16,21H,1H3,(H2,19,24)/t16-/m1/s1. The van der Waals surface area contributed by atoms with Crippen molar-refractivity contribution in [2.75, 3.05) is 5.32 Å². The van der Waals surface area contributed by atoms with E-state index >= 15 is 0 Å². The maximum atomic E-state index is 11.5. The molecule has 8 nitrogen and oxygen atoms in total. The topological polar surface area (TPSA) is 116 Å². The van der Waals surface area contributed by atoms with Gasteiger partial charge in [-0.05, 0) is 17.7 Å². The molecule has 0 aliphatic rings. The number of nitro groups is 1. The number of carbonyl (C=O) groups is 1. The van der Waals surface area contributed by atoms with E-state index in [-0.39, 0.29) is 16.9 Å². The molecule has 0 unspecified atom stereocenters. The van der Waals surface area contributed by atoms with Gasteiger partial charge in [0.2, 0.25) is 5.91 Å². The van der Waals surface area contributed by atoms with Gasteiger partial charge in [0.1, 0.15) is 17.6 Å². The van der Waals surface area contributed by atoms with Crippen molar-refractivity contribution in [3.63, 3.8) is 0 Å². The van der Waals surface area contributed by atoms with Crippen LogP contribution in [0.15, 0.2) is 60.9 Å². The molecule has 3 N–H and O–H groups in total. The van der Waals surface area contributed by atoms with Crippen LogP contribution >= 0.6 is 0 Å². The van der Waals surface area contributed by atoms with Crippen molar-refractivity contribution in [1.82, 2.24) is 9.55 Å². The van der Waals surface area contributed by atoms with E-state index in [0.717, 1.165) is 5.56 Å². The van der Waals surface area contributed by atoms with Gasteiger partial charge in [-0.1, -0.05) is 30.3 Å². The van der Waals surface area contributed by atoms with Crippen LogP contribution in [0, 0.1) is 10.1 Å². The highest BCUT2D eigenvalue weighted by molar-refractivity contribution is 5.94. The van der Waals surface area contributed by atoms with Crippen molar-refractivity contribution in [2.24, 2.45) is 12.8 Å². The molecule has 1 heterocycles. The fourth-order valence-electron chi connectivity index (χ4n) is 2.71. The van der Waals surface area contributed by atoms with Crippen LogP contribution in [0.5, 0.6) is 0 Å². The van der Waals surface area contributed by atoms with E-state index in [4.69, 9.17) is 5.73 Å². The predicted molar refractivity (Wildman–Crippen MR) is 96.7 cm³/mol. The van der Waals surface area contributed by atoms with Crippen LogP contribution < -0.4 is 11.1 Å². The minimum Gasteiger partial charge on any atom is -0.366 e. The third-order valence-electron chi connectivity index (χ3n) is 4.03. The van der Waals surface area contributed by atoms with E-state index in [1.165, 1.54) is 18.2 Å². The molecule has 3 rings (SSSR count). The molecule has 3 aromatic rings. The second kappa shape index (κ2) is 7.06. The van der Waals surface area contributed by atoms with E-state index in [1.54, 1.807) is 12.4 Å². The molecular weight excluding hydrogens is 334 g/mol. The average Bonchev–Trinajstić information content (AvgIpc) is 3.06. The summed E-state index contributed by atoms with van der Waals surface area (Å²) in [5.41, 5.74) is 6.25. The number of benzene rings is 2. The molecule has 26 heavy (non-hydrogen) atoms. The minimum absolute atomic E-state index is 0.0792. The summed E-state index contributed by atoms with van der Waals surface area (Å²) < 4.78 is 1.84. The SMILES string of the molecule is Cn1ccnc1[C@H](Nc1ccc(C(N)=O)cc1[N+](=O)[O-])c1ccccc1. The third-order valence-corrected chi connectivity index (χ3v) is 4.03. The Kier molecular flexibility index (Phi) is 4.66. The number of primary amides is 1. The summed E-state index contributed by atoms with van der Waals surface area (Å²) in [6.45, 7) is 0. The quantitative estimate of drug-likeness (QED) is 0.523. The Morgan fingerprint density at radius 2 is 2.00 bits per heavy atom. The van der Waals surface area contributed by atoms with Crippen molar-refractivity contribution < 1.29 is 9.72 Å². The average molecular weight is 351 g/mol. The van der Waals surface area contributed by atoms with Gasteiger partial charge >= 0.3 is 0 Å². The highest BCUT2D eigenvalue weighted by Gasteiger charge is 2.23. The second-order valence-electron chi connectivity index (χ2n) is 5.74. The van der Waals surface area contributed by atoms with Gasteiger partial charge in [0.15, 0.2) is 0 Å². The van der Waals surface area contributed by atoms with Crippen LogP contribution in [-0.4, -0.2) is 20.4 Å². The number of aromatic nitrogens is 2. The van der Waals surface area contributed by atoms with Crippen LogP contribution in [0.3, 0.4) is 0 Å². The number of anilines is 1. The molecule has 0 saturated heterocycles. The molecule has 0 bridgehead atoms. The summed E-state index contributed by atoms with van der Waals surface area (Å²) in [4.78, 5) is 26.6. The van der Waals surface area contributed by atoms with Gasteiger partial charge < -0.3 is 15.6 Å². The monoisotopic (exact) mass is 351 g/mol. The number of hydrogen-bond donors (Lipinski definition) is 2. The van der Waals surface area contributed by atoms with Gasteiger partial charge in [0.05, 0.1) is 4.92 Å². The third kappa shape index (κ3) is 3.39. The highest BCUT2D eigenvalue weighted by atomic mass is 16.6. The lowest BCUT2D eigenvalue weighted by atomic mass is 10.0. The van der Waals surface area contributed by atoms with Crippen LogP contribution in [0.25, 0.3) is 0 Å². The molecule has 2 aromatic carbocycles. The van der Waals surface area contributed by atoms with Gasteiger partial charge in [-0.15, -0.1) is 0 Å². The largest absolute Gasteiger partial charge is 0.366 e. The lowest BCUT2D eigenvalue weighted by Crippen LogP contribution is -2.18. The van der Waals surface area contributed by atoms with Gasteiger partial charge in [-0.2, -0.15) is 0 Å². The van der Waals surface area contributed by atoms with E-state index in [1.807, 2.05) is 41.9 Å². The predicted octanol–water partition coefficient (Wildman–Crippen LogP) is 2.63. The van der Waals surface area contributed by atoms with Crippen LogP contribution in [0.2, 0.25) is 0 Å². The minimum atomic E-state index is -0.719. The highest BCUT2D eigenvalue weighted by Crippen LogP contribution is 2.31. The van der Waals surface area contributed by atoms with E-state index < -0.39 is 16.9 Å². The number of nitrogens with one attached hydrogen (secondary N) is 1. The van der Waals surface area contributed by atoms with Crippen molar-refractivity contribution in [1.29, 1.82) is 0 Å². The van der Waals surface area contributed by atoms with Crippen molar-refractivity contribution in [3.05, 3.63) is 88.0 Å². The number of hydrogen-bond acceptors (Lipinski definition) is 5.